The molecule has 0 saturated carbocycles. The Bertz CT molecular complexity index is 948. The lowest BCUT2D eigenvalue weighted by Gasteiger charge is -2.36. The van der Waals surface area contributed by atoms with Crippen LogP contribution in [0.3, 0.4) is 0 Å². The van der Waals surface area contributed by atoms with Crippen molar-refractivity contribution in [2.75, 3.05) is 41.3 Å². The van der Waals surface area contributed by atoms with Gasteiger partial charge in [-0.15, -0.1) is 0 Å². The van der Waals surface area contributed by atoms with Gasteiger partial charge in [0, 0.05) is 49.8 Å². The van der Waals surface area contributed by atoms with Crippen molar-refractivity contribution in [1.82, 2.24) is 15.0 Å². The van der Waals surface area contributed by atoms with Crippen LogP contribution in [-0.2, 0) is 0 Å². The second kappa shape index (κ2) is 7.84. The van der Waals surface area contributed by atoms with Gasteiger partial charge < -0.3 is 15.1 Å². The van der Waals surface area contributed by atoms with Crippen LogP contribution in [0.1, 0.15) is 16.8 Å². The van der Waals surface area contributed by atoms with E-state index in [2.05, 4.69) is 69.3 Å². The van der Waals surface area contributed by atoms with Gasteiger partial charge in [0.2, 0.25) is 5.95 Å². The third kappa shape index (κ3) is 4.06. The minimum absolute atomic E-state index is 0.644. The molecule has 1 fully saturated rings. The average Bonchev–Trinajstić information content (AvgIpc) is 2.71. The van der Waals surface area contributed by atoms with Gasteiger partial charge in [0.05, 0.1) is 0 Å². The molecule has 28 heavy (non-hydrogen) atoms. The number of hydrogen-bond donors (Lipinski definition) is 1. The molecular weight excluding hydrogens is 348 g/mol. The Labute approximate surface area is 166 Å². The number of benzene rings is 1. The van der Waals surface area contributed by atoms with Crippen molar-refractivity contribution in [2.45, 2.75) is 20.8 Å². The third-order valence-corrected chi connectivity index (χ3v) is 5.18. The molecule has 3 heterocycles. The van der Waals surface area contributed by atoms with Crippen molar-refractivity contribution in [3.8, 4) is 0 Å². The fourth-order valence-electron chi connectivity index (χ4n) is 3.42. The van der Waals surface area contributed by atoms with Crippen molar-refractivity contribution in [3.05, 3.63) is 65.5 Å². The van der Waals surface area contributed by atoms with Crippen LogP contribution in [0.5, 0.6) is 0 Å². The molecule has 0 radical (unpaired) electrons. The number of rotatable bonds is 4. The molecule has 3 aromatic rings. The molecular formula is C22H26N6. The molecule has 0 amide bonds. The molecule has 1 aliphatic rings. The van der Waals surface area contributed by atoms with E-state index in [0.717, 1.165) is 49.2 Å². The minimum atomic E-state index is 0.644. The molecule has 1 aliphatic heterocycles. The zero-order valence-electron chi connectivity index (χ0n) is 16.7. The van der Waals surface area contributed by atoms with Crippen LogP contribution in [0.25, 0.3) is 0 Å². The number of aromatic nitrogens is 3. The highest BCUT2D eigenvalue weighted by Crippen LogP contribution is 2.22. The van der Waals surface area contributed by atoms with Crippen molar-refractivity contribution < 1.29 is 0 Å². The first-order chi connectivity index (χ1) is 13.6. The van der Waals surface area contributed by atoms with E-state index in [0.29, 0.717) is 5.95 Å². The summed E-state index contributed by atoms with van der Waals surface area (Å²) < 4.78 is 0. The quantitative estimate of drug-likeness (QED) is 0.748. The summed E-state index contributed by atoms with van der Waals surface area (Å²) in [5.74, 6) is 2.66. The molecule has 0 aliphatic carbocycles. The van der Waals surface area contributed by atoms with Gasteiger partial charge in [-0.05, 0) is 56.2 Å². The number of hydrogen-bond acceptors (Lipinski definition) is 6. The Hall–Kier alpha value is -3.15. The molecule has 1 N–H and O–H groups in total. The van der Waals surface area contributed by atoms with Crippen molar-refractivity contribution in [1.29, 1.82) is 0 Å². The van der Waals surface area contributed by atoms with Crippen LogP contribution in [0.15, 0.2) is 48.7 Å². The van der Waals surface area contributed by atoms with E-state index in [-0.39, 0.29) is 0 Å². The van der Waals surface area contributed by atoms with Crippen molar-refractivity contribution in [3.63, 3.8) is 0 Å². The van der Waals surface area contributed by atoms with Crippen molar-refractivity contribution >= 4 is 23.3 Å². The standard InChI is InChI=1S/C22H26N6/c1-16-7-8-19(14-17(16)2)25-22-24-18(3)15-21(26-22)28-12-10-27(11-13-28)20-6-4-5-9-23-20/h4-9,14-15H,10-13H2,1-3H3,(H,24,25,26). The Morgan fingerprint density at radius 1 is 0.786 bits per heavy atom. The highest BCUT2D eigenvalue weighted by molar-refractivity contribution is 5.58. The molecule has 1 saturated heterocycles. The topological polar surface area (TPSA) is 57.2 Å². The summed E-state index contributed by atoms with van der Waals surface area (Å²) in [6.45, 7) is 9.93. The van der Waals surface area contributed by atoms with Gasteiger partial charge in [0.1, 0.15) is 11.6 Å². The highest BCUT2D eigenvalue weighted by Gasteiger charge is 2.19. The lowest BCUT2D eigenvalue weighted by Crippen LogP contribution is -2.47. The first kappa shape index (κ1) is 18.2. The summed E-state index contributed by atoms with van der Waals surface area (Å²) in [5.41, 5.74) is 4.51. The van der Waals surface area contributed by atoms with Gasteiger partial charge in [-0.1, -0.05) is 12.1 Å². The first-order valence-corrected chi connectivity index (χ1v) is 9.69. The van der Waals surface area contributed by atoms with Gasteiger partial charge in [-0.2, -0.15) is 4.98 Å². The van der Waals surface area contributed by atoms with Crippen LogP contribution in [0, 0.1) is 20.8 Å². The fraction of sp³-hybridized carbons (Fsp3) is 0.318. The molecule has 6 heteroatoms. The zero-order valence-corrected chi connectivity index (χ0v) is 16.7. The molecule has 0 unspecified atom stereocenters. The van der Waals surface area contributed by atoms with Crippen LogP contribution >= 0.6 is 0 Å². The molecule has 0 atom stereocenters. The number of pyridine rings is 1. The third-order valence-electron chi connectivity index (χ3n) is 5.18. The number of aryl methyl sites for hydroxylation is 3. The Morgan fingerprint density at radius 2 is 1.54 bits per heavy atom. The van der Waals surface area contributed by atoms with Gasteiger partial charge in [0.15, 0.2) is 0 Å². The number of nitrogens with zero attached hydrogens (tertiary/aromatic N) is 5. The number of nitrogens with one attached hydrogen (secondary N) is 1. The summed E-state index contributed by atoms with van der Waals surface area (Å²) in [4.78, 5) is 18.4. The smallest absolute Gasteiger partial charge is 0.229 e. The maximum Gasteiger partial charge on any atom is 0.229 e. The van der Waals surface area contributed by atoms with Crippen LogP contribution < -0.4 is 15.1 Å². The van der Waals surface area contributed by atoms with E-state index in [4.69, 9.17) is 4.98 Å². The lowest BCUT2D eigenvalue weighted by molar-refractivity contribution is 0.641. The number of piperazine rings is 1. The molecule has 6 nitrogen and oxygen atoms in total. The summed E-state index contributed by atoms with van der Waals surface area (Å²) >= 11 is 0. The van der Waals surface area contributed by atoms with Gasteiger partial charge in [-0.25, -0.2) is 9.97 Å². The zero-order chi connectivity index (χ0) is 19.5. The Balaban J connectivity index is 1.47. The minimum Gasteiger partial charge on any atom is -0.353 e. The molecule has 144 valence electrons. The molecule has 1 aromatic carbocycles. The fourth-order valence-corrected chi connectivity index (χ4v) is 3.42. The molecule has 2 aromatic heterocycles. The summed E-state index contributed by atoms with van der Waals surface area (Å²) in [6, 6.07) is 14.4. The second-order valence-corrected chi connectivity index (χ2v) is 7.28. The summed E-state index contributed by atoms with van der Waals surface area (Å²) in [6.07, 6.45) is 1.85. The Morgan fingerprint density at radius 3 is 2.21 bits per heavy atom. The Kier molecular flexibility index (Phi) is 5.10. The molecule has 0 spiro atoms. The van der Waals surface area contributed by atoms with Gasteiger partial charge >= 0.3 is 0 Å². The summed E-state index contributed by atoms with van der Waals surface area (Å²) in [5, 5.41) is 3.36. The van der Waals surface area contributed by atoms with Crippen LogP contribution in [0.2, 0.25) is 0 Å². The van der Waals surface area contributed by atoms with E-state index < -0.39 is 0 Å². The van der Waals surface area contributed by atoms with Gasteiger partial charge in [-0.3, -0.25) is 0 Å². The van der Waals surface area contributed by atoms with Crippen LogP contribution in [0.4, 0.5) is 23.3 Å². The molecule has 4 rings (SSSR count). The predicted molar refractivity (Wildman–Crippen MR) is 115 cm³/mol. The van der Waals surface area contributed by atoms with E-state index >= 15 is 0 Å². The molecule has 0 bridgehead atoms. The average molecular weight is 374 g/mol. The van der Waals surface area contributed by atoms with Gasteiger partial charge in [0.25, 0.3) is 0 Å². The van der Waals surface area contributed by atoms with E-state index in [1.807, 2.05) is 25.3 Å². The van der Waals surface area contributed by atoms with Crippen LogP contribution in [-0.4, -0.2) is 41.1 Å². The maximum atomic E-state index is 4.77. The largest absolute Gasteiger partial charge is 0.353 e. The maximum absolute atomic E-state index is 4.77. The van der Waals surface area contributed by atoms with Crippen molar-refractivity contribution in [2.24, 2.45) is 0 Å². The number of anilines is 4. The highest BCUT2D eigenvalue weighted by atomic mass is 15.3. The monoisotopic (exact) mass is 374 g/mol. The van der Waals surface area contributed by atoms with E-state index in [9.17, 15) is 0 Å². The SMILES string of the molecule is Cc1cc(N2CCN(c3ccccn3)CC2)nc(Nc2ccc(C)c(C)c2)n1. The lowest BCUT2D eigenvalue weighted by atomic mass is 10.1. The summed E-state index contributed by atoms with van der Waals surface area (Å²) in [7, 11) is 0. The second-order valence-electron chi connectivity index (χ2n) is 7.28. The predicted octanol–water partition coefficient (Wildman–Crippen LogP) is 3.87. The van der Waals surface area contributed by atoms with E-state index in [1.165, 1.54) is 11.1 Å². The normalized spacial score (nSPS) is 14.2. The van der Waals surface area contributed by atoms with E-state index in [1.54, 1.807) is 0 Å². The first-order valence-electron chi connectivity index (χ1n) is 9.69.